The maximum absolute atomic E-state index is 10.4. The number of aliphatic carboxylic acids is 1. The average Bonchev–Trinajstić information content (AvgIpc) is 1.85. The molecule has 0 radical (unpaired) electrons. The molecule has 0 saturated carbocycles. The predicted molar refractivity (Wildman–Crippen MR) is 40.6 cm³/mol. The van der Waals surface area contributed by atoms with Gasteiger partial charge in [-0.2, -0.15) is 0 Å². The molecular weight excluding hydrogens is 143 g/mol. The van der Waals surface area contributed by atoms with Crippen molar-refractivity contribution in [2.45, 2.75) is 6.92 Å². The molecule has 5 heteroatoms. The van der Waals surface area contributed by atoms with Crippen LogP contribution in [0.4, 0.5) is 0 Å². The molecule has 0 aliphatic heterocycles. The topological polar surface area (TPSA) is 63.6 Å². The van der Waals surface area contributed by atoms with Gasteiger partial charge in [-0.3, -0.25) is 0 Å². The van der Waals surface area contributed by atoms with Gasteiger partial charge >= 0.3 is 30.8 Å². The fourth-order valence-corrected chi connectivity index (χ4v) is 0.330. The van der Waals surface area contributed by atoms with Crippen LogP contribution in [0.2, 0.25) is 0 Å². The third kappa shape index (κ3) is 9.28. The van der Waals surface area contributed by atoms with Crippen LogP contribution in [-0.2, 0) is 14.3 Å². The van der Waals surface area contributed by atoms with Gasteiger partial charge in [-0.05, 0) is 6.92 Å². The number of hydrogen-bond donors (Lipinski definition) is 1. The Hall–Kier alpha value is -0.723. The summed E-state index contributed by atoms with van der Waals surface area (Å²) < 4.78 is 4.40. The number of carbonyl (C=O) groups excluding carboxylic acids is 1. The number of ether oxygens (including phenoxy) is 1. The number of carbonyl (C=O) groups is 2. The van der Waals surface area contributed by atoms with Crippen LogP contribution < -0.4 is 0 Å². The van der Waals surface area contributed by atoms with Crippen LogP contribution in [0.3, 0.4) is 0 Å². The van der Waals surface area contributed by atoms with E-state index in [0.29, 0.717) is 0 Å². The third-order valence-electron chi connectivity index (χ3n) is 0.649. The van der Waals surface area contributed by atoms with E-state index in [9.17, 15) is 9.59 Å². The molecule has 1 N–H and O–H groups in total. The van der Waals surface area contributed by atoms with E-state index in [1.807, 2.05) is 0 Å². The number of carboxylic acid groups (broad SMARTS) is 1. The molecular formula is C6H9LiO4. The Balaban J connectivity index is 0. The quantitative estimate of drug-likeness (QED) is 0.337. The molecule has 0 unspecified atom stereocenters. The first kappa shape index (κ1) is 12.9. The van der Waals surface area contributed by atoms with E-state index in [4.69, 9.17) is 5.11 Å². The molecule has 11 heavy (non-hydrogen) atoms. The Morgan fingerprint density at radius 1 is 1.45 bits per heavy atom. The van der Waals surface area contributed by atoms with Crippen LogP contribution in [0.15, 0.2) is 12.2 Å². The van der Waals surface area contributed by atoms with Gasteiger partial charge in [-0.25, -0.2) is 9.59 Å². The Bertz CT molecular complexity index is 164. The monoisotopic (exact) mass is 152 g/mol. The summed E-state index contributed by atoms with van der Waals surface area (Å²) in [5.74, 6) is -1.79. The van der Waals surface area contributed by atoms with Gasteiger partial charge in [0.1, 0.15) is 0 Å². The molecule has 0 heterocycles. The molecule has 0 rings (SSSR count). The fourth-order valence-electron chi connectivity index (χ4n) is 0.330. The van der Waals surface area contributed by atoms with Crippen molar-refractivity contribution >= 4 is 30.8 Å². The van der Waals surface area contributed by atoms with Crippen molar-refractivity contribution in [2.75, 3.05) is 6.61 Å². The zero-order valence-electron chi connectivity index (χ0n) is 5.53. The van der Waals surface area contributed by atoms with Crippen molar-refractivity contribution in [3.63, 3.8) is 0 Å². The van der Waals surface area contributed by atoms with Crippen LogP contribution >= 0.6 is 0 Å². The van der Waals surface area contributed by atoms with E-state index >= 15 is 0 Å². The molecule has 58 valence electrons. The minimum absolute atomic E-state index is 0. The molecule has 0 fully saturated rings. The SMILES string of the molecule is CCOC(=O)/C=C\C(=O)O.[LiH]. The summed E-state index contributed by atoms with van der Waals surface area (Å²) in [6.07, 6.45) is 1.60. The zero-order chi connectivity index (χ0) is 7.98. The van der Waals surface area contributed by atoms with E-state index in [1.165, 1.54) is 0 Å². The summed E-state index contributed by atoms with van der Waals surface area (Å²) >= 11 is 0. The summed E-state index contributed by atoms with van der Waals surface area (Å²) in [6.45, 7) is 1.90. The van der Waals surface area contributed by atoms with E-state index in [-0.39, 0.29) is 25.5 Å². The Labute approximate surface area is 76.4 Å². The maximum atomic E-state index is 10.4. The summed E-state index contributed by atoms with van der Waals surface area (Å²) in [4.78, 5) is 20.2. The molecule has 0 amide bonds. The van der Waals surface area contributed by atoms with Gasteiger partial charge in [0.2, 0.25) is 0 Å². The van der Waals surface area contributed by atoms with E-state index in [0.717, 1.165) is 12.2 Å². The van der Waals surface area contributed by atoms with Crippen LogP contribution in [0.1, 0.15) is 6.92 Å². The molecule has 0 atom stereocenters. The molecule has 0 saturated heterocycles. The van der Waals surface area contributed by atoms with Gasteiger partial charge in [0.25, 0.3) is 0 Å². The second-order valence-corrected chi connectivity index (χ2v) is 1.42. The molecule has 0 bridgehead atoms. The normalized spacial score (nSPS) is 8.82. The van der Waals surface area contributed by atoms with Crippen LogP contribution in [0, 0.1) is 0 Å². The van der Waals surface area contributed by atoms with Crippen LogP contribution in [-0.4, -0.2) is 42.5 Å². The van der Waals surface area contributed by atoms with Crippen molar-refractivity contribution in [2.24, 2.45) is 0 Å². The zero-order valence-corrected chi connectivity index (χ0v) is 5.53. The molecule has 0 aromatic carbocycles. The third-order valence-corrected chi connectivity index (χ3v) is 0.649. The minimum atomic E-state index is -1.16. The number of carboxylic acids is 1. The summed E-state index contributed by atoms with van der Waals surface area (Å²) in [5, 5.41) is 8.04. The van der Waals surface area contributed by atoms with E-state index in [1.54, 1.807) is 6.92 Å². The molecule has 0 aliphatic rings. The number of hydrogen-bond acceptors (Lipinski definition) is 3. The van der Waals surface area contributed by atoms with E-state index < -0.39 is 11.9 Å². The van der Waals surface area contributed by atoms with Gasteiger partial charge in [0.15, 0.2) is 0 Å². The van der Waals surface area contributed by atoms with Crippen LogP contribution in [0.5, 0.6) is 0 Å². The molecule has 4 nitrogen and oxygen atoms in total. The Morgan fingerprint density at radius 3 is 2.36 bits per heavy atom. The van der Waals surface area contributed by atoms with Crippen molar-refractivity contribution in [1.82, 2.24) is 0 Å². The average molecular weight is 152 g/mol. The molecule has 0 aromatic rings. The predicted octanol–water partition coefficient (Wildman–Crippen LogP) is -0.458. The molecule has 0 spiro atoms. The van der Waals surface area contributed by atoms with Crippen molar-refractivity contribution in [1.29, 1.82) is 0 Å². The van der Waals surface area contributed by atoms with Gasteiger partial charge in [-0.15, -0.1) is 0 Å². The number of rotatable bonds is 3. The first-order valence-electron chi connectivity index (χ1n) is 2.74. The second kappa shape index (κ2) is 7.39. The second-order valence-electron chi connectivity index (χ2n) is 1.42. The van der Waals surface area contributed by atoms with Gasteiger partial charge in [0.05, 0.1) is 6.61 Å². The first-order valence-corrected chi connectivity index (χ1v) is 2.74. The molecule has 0 aliphatic carbocycles. The van der Waals surface area contributed by atoms with Crippen molar-refractivity contribution < 1.29 is 19.4 Å². The van der Waals surface area contributed by atoms with E-state index in [2.05, 4.69) is 4.74 Å². The summed E-state index contributed by atoms with van der Waals surface area (Å²) in [7, 11) is 0. The summed E-state index contributed by atoms with van der Waals surface area (Å²) in [5.41, 5.74) is 0. The van der Waals surface area contributed by atoms with Gasteiger partial charge < -0.3 is 9.84 Å². The fraction of sp³-hybridized carbons (Fsp3) is 0.333. The Kier molecular flexibility index (Phi) is 8.67. The van der Waals surface area contributed by atoms with Gasteiger partial charge in [-0.1, -0.05) is 0 Å². The van der Waals surface area contributed by atoms with Crippen molar-refractivity contribution in [3.8, 4) is 0 Å². The standard InChI is InChI=1S/C6H8O4.Li.H/c1-2-10-6(9)4-3-5(7)8;;/h3-4H,2H2,1H3,(H,7,8);;/b4-3-;;. The summed E-state index contributed by atoms with van der Waals surface area (Å²) in [6, 6.07) is 0. The van der Waals surface area contributed by atoms with Crippen LogP contribution in [0.25, 0.3) is 0 Å². The first-order chi connectivity index (χ1) is 4.66. The van der Waals surface area contributed by atoms with Crippen molar-refractivity contribution in [3.05, 3.63) is 12.2 Å². The molecule has 0 aromatic heterocycles. The Morgan fingerprint density at radius 2 is 2.00 bits per heavy atom. The number of esters is 1. The van der Waals surface area contributed by atoms with Gasteiger partial charge in [0, 0.05) is 12.2 Å².